The summed E-state index contributed by atoms with van der Waals surface area (Å²) < 4.78 is 0. The lowest BCUT2D eigenvalue weighted by atomic mass is 10.2. The first kappa shape index (κ1) is 14.7. The van der Waals surface area contributed by atoms with Crippen molar-refractivity contribution < 1.29 is 0 Å². The Balaban J connectivity index is 1.72. The van der Waals surface area contributed by atoms with Crippen molar-refractivity contribution in [3.8, 4) is 0 Å². The quantitative estimate of drug-likeness (QED) is 0.763. The Hall–Kier alpha value is -1.91. The summed E-state index contributed by atoms with van der Waals surface area (Å²) in [5, 5.41) is 4.74. The van der Waals surface area contributed by atoms with Gasteiger partial charge in [-0.05, 0) is 25.1 Å². The van der Waals surface area contributed by atoms with Gasteiger partial charge in [0.15, 0.2) is 0 Å². The number of rotatable bonds is 3. The van der Waals surface area contributed by atoms with E-state index in [1.165, 1.54) is 32.1 Å². The fourth-order valence-corrected chi connectivity index (χ4v) is 4.36. The number of anilines is 1. The highest BCUT2D eigenvalue weighted by atomic mass is 32.2. The summed E-state index contributed by atoms with van der Waals surface area (Å²) >= 11 is 1.88. The molecule has 2 N–H and O–H groups in total. The van der Waals surface area contributed by atoms with E-state index in [0.29, 0.717) is 0 Å². The maximum atomic E-state index is 3.50. The number of H-pyrrole nitrogens is 1. The van der Waals surface area contributed by atoms with Crippen LogP contribution in [0.25, 0.3) is 10.9 Å². The van der Waals surface area contributed by atoms with Gasteiger partial charge >= 0.3 is 0 Å². The smallest absolute Gasteiger partial charge is 0.0508 e. The van der Waals surface area contributed by atoms with Gasteiger partial charge in [-0.15, -0.1) is 0 Å². The first-order chi connectivity index (χ1) is 11.3. The summed E-state index contributed by atoms with van der Waals surface area (Å²) in [4.78, 5) is 8.66. The van der Waals surface area contributed by atoms with E-state index >= 15 is 0 Å². The number of para-hydroxylation sites is 2. The molecule has 0 amide bonds. The van der Waals surface area contributed by atoms with Crippen molar-refractivity contribution in [2.45, 2.75) is 16.7 Å². The fraction of sp³-hybridized carbons (Fsp3) is 0.263. The molecule has 0 radical (unpaired) electrons. The Morgan fingerprint density at radius 2 is 1.70 bits per heavy atom. The number of hydrogen-bond acceptors (Lipinski definition) is 3. The zero-order valence-corrected chi connectivity index (χ0v) is 14.1. The number of aromatic amines is 1. The first-order valence-corrected chi connectivity index (χ1v) is 8.94. The van der Waals surface area contributed by atoms with Gasteiger partial charge in [-0.25, -0.2) is 0 Å². The molecule has 2 aromatic carbocycles. The molecule has 1 saturated heterocycles. The minimum absolute atomic E-state index is 1.06. The second-order valence-electron chi connectivity index (χ2n) is 5.93. The number of benzene rings is 2. The fourth-order valence-electron chi connectivity index (χ4n) is 3.20. The maximum absolute atomic E-state index is 3.50. The van der Waals surface area contributed by atoms with Gasteiger partial charge in [0.2, 0.25) is 0 Å². The normalized spacial score (nSPS) is 15.3. The first-order valence-electron chi connectivity index (χ1n) is 8.13. The highest BCUT2D eigenvalue weighted by Crippen LogP contribution is 2.40. The van der Waals surface area contributed by atoms with E-state index < -0.39 is 0 Å². The highest BCUT2D eigenvalue weighted by Gasteiger charge is 2.16. The summed E-state index contributed by atoms with van der Waals surface area (Å²) in [5.74, 6) is 0. The third-order valence-electron chi connectivity index (χ3n) is 4.37. The molecule has 3 nitrogen and oxygen atoms in total. The monoisotopic (exact) mass is 323 g/mol. The molecule has 118 valence electrons. The standard InChI is InChI=1S/C19H21N3S/c1-14-19(15-6-2-3-7-16(15)21-14)23-18-9-5-4-8-17(18)22-12-10-20-11-13-22/h2-9,20-21H,10-13H2,1H3. The molecule has 0 bridgehead atoms. The van der Waals surface area contributed by atoms with Gasteiger partial charge in [-0.3, -0.25) is 0 Å². The molecule has 4 heteroatoms. The van der Waals surface area contributed by atoms with Gasteiger partial charge in [-0.1, -0.05) is 42.1 Å². The van der Waals surface area contributed by atoms with E-state index in [1.54, 1.807) is 0 Å². The Morgan fingerprint density at radius 1 is 0.957 bits per heavy atom. The summed E-state index contributed by atoms with van der Waals surface area (Å²) in [7, 11) is 0. The molecule has 1 aliphatic heterocycles. The van der Waals surface area contributed by atoms with Gasteiger partial charge < -0.3 is 15.2 Å². The maximum Gasteiger partial charge on any atom is 0.0508 e. The molecule has 1 aliphatic rings. The molecular weight excluding hydrogens is 302 g/mol. The number of aryl methyl sites for hydroxylation is 1. The Morgan fingerprint density at radius 3 is 2.57 bits per heavy atom. The van der Waals surface area contributed by atoms with Crippen molar-refractivity contribution in [2.24, 2.45) is 0 Å². The van der Waals surface area contributed by atoms with Gasteiger partial charge in [0.05, 0.1) is 5.69 Å². The molecule has 0 spiro atoms. The lowest BCUT2D eigenvalue weighted by Gasteiger charge is -2.31. The third-order valence-corrected chi connectivity index (χ3v) is 5.66. The van der Waals surface area contributed by atoms with Crippen LogP contribution >= 0.6 is 11.8 Å². The number of piperazine rings is 1. The molecular formula is C19H21N3S. The second-order valence-corrected chi connectivity index (χ2v) is 6.98. The van der Waals surface area contributed by atoms with E-state index in [2.05, 4.69) is 70.7 Å². The molecule has 23 heavy (non-hydrogen) atoms. The number of nitrogens with zero attached hydrogens (tertiary/aromatic N) is 1. The lowest BCUT2D eigenvalue weighted by molar-refractivity contribution is 0.587. The number of hydrogen-bond donors (Lipinski definition) is 2. The number of nitrogens with one attached hydrogen (secondary N) is 2. The molecule has 0 atom stereocenters. The number of aromatic nitrogens is 1. The van der Waals surface area contributed by atoms with Crippen molar-refractivity contribution in [1.29, 1.82) is 0 Å². The van der Waals surface area contributed by atoms with E-state index in [1.807, 2.05) is 11.8 Å². The van der Waals surface area contributed by atoms with Crippen LogP contribution in [0.15, 0.2) is 58.3 Å². The summed E-state index contributed by atoms with van der Waals surface area (Å²) in [5.41, 5.74) is 3.81. The van der Waals surface area contributed by atoms with Gasteiger partial charge in [0.1, 0.15) is 0 Å². The van der Waals surface area contributed by atoms with Crippen molar-refractivity contribution in [3.05, 3.63) is 54.2 Å². The average molecular weight is 323 g/mol. The van der Waals surface area contributed by atoms with Crippen LogP contribution in [0.3, 0.4) is 0 Å². The minimum Gasteiger partial charge on any atom is -0.368 e. The molecule has 1 fully saturated rings. The topological polar surface area (TPSA) is 31.1 Å². The van der Waals surface area contributed by atoms with E-state index in [9.17, 15) is 0 Å². The van der Waals surface area contributed by atoms with Crippen LogP contribution in [0.4, 0.5) is 5.69 Å². The molecule has 2 heterocycles. The van der Waals surface area contributed by atoms with Crippen LogP contribution < -0.4 is 10.2 Å². The Kier molecular flexibility index (Phi) is 4.02. The van der Waals surface area contributed by atoms with Crippen molar-refractivity contribution in [1.82, 2.24) is 10.3 Å². The van der Waals surface area contributed by atoms with E-state index in [-0.39, 0.29) is 0 Å². The molecule has 0 unspecified atom stereocenters. The average Bonchev–Trinajstić information content (AvgIpc) is 2.92. The zero-order chi connectivity index (χ0) is 15.6. The van der Waals surface area contributed by atoms with Crippen molar-refractivity contribution in [3.63, 3.8) is 0 Å². The predicted octanol–water partition coefficient (Wildman–Crippen LogP) is 4.04. The largest absolute Gasteiger partial charge is 0.368 e. The van der Waals surface area contributed by atoms with Crippen molar-refractivity contribution >= 4 is 28.4 Å². The lowest BCUT2D eigenvalue weighted by Crippen LogP contribution is -2.43. The van der Waals surface area contributed by atoms with Crippen LogP contribution in [0.1, 0.15) is 5.69 Å². The summed E-state index contributed by atoms with van der Waals surface area (Å²) in [6.07, 6.45) is 0. The van der Waals surface area contributed by atoms with Gasteiger partial charge in [0, 0.05) is 52.6 Å². The molecule has 0 aliphatic carbocycles. The van der Waals surface area contributed by atoms with Gasteiger partial charge in [-0.2, -0.15) is 0 Å². The van der Waals surface area contributed by atoms with E-state index in [4.69, 9.17) is 0 Å². The predicted molar refractivity (Wildman–Crippen MR) is 98.7 cm³/mol. The zero-order valence-electron chi connectivity index (χ0n) is 13.3. The van der Waals surface area contributed by atoms with Crippen LogP contribution in [-0.4, -0.2) is 31.2 Å². The Labute approximate surface area is 141 Å². The van der Waals surface area contributed by atoms with Gasteiger partial charge in [0.25, 0.3) is 0 Å². The summed E-state index contributed by atoms with van der Waals surface area (Å²) in [6, 6.07) is 17.3. The third kappa shape index (κ3) is 2.84. The number of fused-ring (bicyclic) bond motifs is 1. The second kappa shape index (κ2) is 6.30. The Bertz CT molecular complexity index is 818. The van der Waals surface area contributed by atoms with E-state index in [0.717, 1.165) is 26.2 Å². The highest BCUT2D eigenvalue weighted by molar-refractivity contribution is 7.99. The molecule has 4 rings (SSSR count). The van der Waals surface area contributed by atoms with Crippen LogP contribution in [0, 0.1) is 6.92 Å². The minimum atomic E-state index is 1.06. The van der Waals surface area contributed by atoms with Crippen LogP contribution in [0.5, 0.6) is 0 Å². The molecule has 1 aromatic heterocycles. The van der Waals surface area contributed by atoms with Crippen LogP contribution in [0.2, 0.25) is 0 Å². The van der Waals surface area contributed by atoms with Crippen molar-refractivity contribution in [2.75, 3.05) is 31.1 Å². The summed E-state index contributed by atoms with van der Waals surface area (Å²) in [6.45, 7) is 6.43. The van der Waals surface area contributed by atoms with Crippen LogP contribution in [-0.2, 0) is 0 Å². The molecule has 3 aromatic rings. The SMILES string of the molecule is Cc1[nH]c2ccccc2c1Sc1ccccc1N1CCNCC1. The molecule has 0 saturated carbocycles.